The van der Waals surface area contributed by atoms with Gasteiger partial charge in [0.1, 0.15) is 0 Å². The first-order chi connectivity index (χ1) is 6.70. The number of thiazole rings is 1. The van der Waals surface area contributed by atoms with E-state index in [-0.39, 0.29) is 5.91 Å². The molecule has 0 aliphatic carbocycles. The highest BCUT2D eigenvalue weighted by Crippen LogP contribution is 2.24. The van der Waals surface area contributed by atoms with Crippen molar-refractivity contribution in [2.45, 2.75) is 19.9 Å². The average molecular weight is 208 g/mol. The van der Waals surface area contributed by atoms with E-state index >= 15 is 0 Å². The highest BCUT2D eigenvalue weighted by atomic mass is 32.1. The molecule has 0 fully saturated rings. The van der Waals surface area contributed by atoms with Gasteiger partial charge in [0.25, 0.3) is 0 Å². The maximum Gasteiger partial charge on any atom is 0.246 e. The highest BCUT2D eigenvalue weighted by Gasteiger charge is 2.21. The van der Waals surface area contributed by atoms with Crippen molar-refractivity contribution in [2.75, 3.05) is 6.54 Å². The van der Waals surface area contributed by atoms with Crippen LogP contribution in [0.25, 0.3) is 0 Å². The van der Waals surface area contributed by atoms with Crippen LogP contribution < -0.4 is 0 Å². The van der Waals surface area contributed by atoms with E-state index in [0.717, 1.165) is 18.0 Å². The summed E-state index contributed by atoms with van der Waals surface area (Å²) < 4.78 is 0. The van der Waals surface area contributed by atoms with Gasteiger partial charge in [0.15, 0.2) is 0 Å². The summed E-state index contributed by atoms with van der Waals surface area (Å²) in [6.45, 7) is 6.96. The number of hydrogen-bond donors (Lipinski definition) is 0. The third kappa shape index (κ3) is 1.57. The Hall–Kier alpha value is -1.16. The Morgan fingerprint density at radius 2 is 2.50 bits per heavy atom. The van der Waals surface area contributed by atoms with Crippen LogP contribution in [-0.2, 0) is 17.8 Å². The molecule has 14 heavy (non-hydrogen) atoms. The minimum Gasteiger partial charge on any atom is -0.334 e. The van der Waals surface area contributed by atoms with Crippen molar-refractivity contribution in [3.63, 3.8) is 0 Å². The van der Waals surface area contributed by atoms with E-state index in [1.54, 1.807) is 11.3 Å². The molecule has 3 nitrogen and oxygen atoms in total. The van der Waals surface area contributed by atoms with E-state index < -0.39 is 0 Å². The number of nitrogens with zero attached hydrogens (tertiary/aromatic N) is 2. The lowest BCUT2D eigenvalue weighted by Crippen LogP contribution is -2.34. The number of hydrogen-bond acceptors (Lipinski definition) is 3. The van der Waals surface area contributed by atoms with Gasteiger partial charge in [-0.1, -0.05) is 6.58 Å². The Kier molecular flexibility index (Phi) is 2.37. The van der Waals surface area contributed by atoms with Crippen LogP contribution in [0.3, 0.4) is 0 Å². The standard InChI is InChI=1S/C10H12N2OS/c1-3-10(13)12-5-4-8-9(6-12)14-7(2)11-8/h3H,1,4-6H2,2H3. The van der Waals surface area contributed by atoms with Gasteiger partial charge in [-0.25, -0.2) is 4.98 Å². The van der Waals surface area contributed by atoms with E-state index in [1.165, 1.54) is 16.6 Å². The van der Waals surface area contributed by atoms with E-state index in [1.807, 2.05) is 11.8 Å². The molecule has 0 atom stereocenters. The molecular weight excluding hydrogens is 196 g/mol. The van der Waals surface area contributed by atoms with Crippen LogP contribution in [0.5, 0.6) is 0 Å². The smallest absolute Gasteiger partial charge is 0.246 e. The predicted octanol–water partition coefficient (Wildman–Crippen LogP) is 1.52. The molecule has 1 aliphatic rings. The third-order valence-electron chi connectivity index (χ3n) is 2.32. The quantitative estimate of drug-likeness (QED) is 0.656. The Morgan fingerprint density at radius 3 is 3.21 bits per heavy atom. The van der Waals surface area contributed by atoms with Crippen LogP contribution in [0.15, 0.2) is 12.7 Å². The second-order valence-electron chi connectivity index (χ2n) is 3.32. The van der Waals surface area contributed by atoms with Gasteiger partial charge in [-0.3, -0.25) is 4.79 Å². The Morgan fingerprint density at radius 1 is 1.71 bits per heavy atom. The molecule has 1 amide bonds. The molecule has 0 saturated heterocycles. The molecule has 1 aromatic rings. The molecule has 74 valence electrons. The van der Waals surface area contributed by atoms with Crippen LogP contribution in [-0.4, -0.2) is 22.3 Å². The minimum atomic E-state index is 0.0155. The van der Waals surface area contributed by atoms with E-state index in [9.17, 15) is 4.79 Å². The number of fused-ring (bicyclic) bond motifs is 1. The van der Waals surface area contributed by atoms with Crippen molar-refractivity contribution >= 4 is 17.2 Å². The topological polar surface area (TPSA) is 33.2 Å². The molecule has 4 heteroatoms. The minimum absolute atomic E-state index is 0.0155. The number of aryl methyl sites for hydroxylation is 1. The van der Waals surface area contributed by atoms with Gasteiger partial charge in [0.2, 0.25) is 5.91 Å². The summed E-state index contributed by atoms with van der Waals surface area (Å²) in [5.41, 5.74) is 1.17. The van der Waals surface area contributed by atoms with E-state index in [4.69, 9.17) is 0 Å². The molecule has 1 aliphatic heterocycles. The molecule has 0 aromatic carbocycles. The lowest BCUT2D eigenvalue weighted by atomic mass is 10.2. The van der Waals surface area contributed by atoms with Crippen LogP contribution in [0, 0.1) is 6.92 Å². The lowest BCUT2D eigenvalue weighted by Gasteiger charge is -2.24. The second kappa shape index (κ2) is 3.53. The molecule has 2 heterocycles. The summed E-state index contributed by atoms with van der Waals surface area (Å²) in [7, 11) is 0. The monoisotopic (exact) mass is 208 g/mol. The Labute approximate surface area is 87.1 Å². The van der Waals surface area contributed by atoms with Crippen LogP contribution in [0.2, 0.25) is 0 Å². The van der Waals surface area contributed by atoms with Crippen molar-refractivity contribution in [1.82, 2.24) is 9.88 Å². The molecule has 0 spiro atoms. The van der Waals surface area contributed by atoms with Gasteiger partial charge >= 0.3 is 0 Å². The zero-order chi connectivity index (χ0) is 10.1. The largest absolute Gasteiger partial charge is 0.334 e. The second-order valence-corrected chi connectivity index (χ2v) is 4.60. The average Bonchev–Trinajstić information content (AvgIpc) is 2.55. The zero-order valence-electron chi connectivity index (χ0n) is 8.12. The van der Waals surface area contributed by atoms with Crippen LogP contribution in [0.1, 0.15) is 15.6 Å². The molecule has 0 N–H and O–H groups in total. The molecule has 0 radical (unpaired) electrons. The van der Waals surface area contributed by atoms with Gasteiger partial charge in [-0.2, -0.15) is 0 Å². The molecule has 0 unspecified atom stereocenters. The van der Waals surface area contributed by atoms with Gasteiger partial charge in [0.05, 0.1) is 17.2 Å². The number of amides is 1. The fourth-order valence-electron chi connectivity index (χ4n) is 1.64. The predicted molar refractivity (Wildman–Crippen MR) is 56.2 cm³/mol. The summed E-state index contributed by atoms with van der Waals surface area (Å²) in [4.78, 5) is 18.8. The van der Waals surface area contributed by atoms with E-state index in [0.29, 0.717) is 6.54 Å². The Bertz CT molecular complexity index is 383. The normalized spacial score (nSPS) is 15.1. The summed E-state index contributed by atoms with van der Waals surface area (Å²) in [6, 6.07) is 0. The fraction of sp³-hybridized carbons (Fsp3) is 0.400. The first-order valence-corrected chi connectivity index (χ1v) is 5.39. The number of aromatic nitrogens is 1. The first kappa shape index (κ1) is 9.40. The first-order valence-electron chi connectivity index (χ1n) is 4.57. The van der Waals surface area contributed by atoms with Crippen molar-refractivity contribution in [3.8, 4) is 0 Å². The van der Waals surface area contributed by atoms with Crippen molar-refractivity contribution in [3.05, 3.63) is 28.2 Å². The van der Waals surface area contributed by atoms with Gasteiger partial charge in [-0.05, 0) is 13.0 Å². The molecule has 2 rings (SSSR count). The van der Waals surface area contributed by atoms with Crippen LogP contribution >= 0.6 is 11.3 Å². The maximum absolute atomic E-state index is 11.4. The van der Waals surface area contributed by atoms with Crippen molar-refractivity contribution in [2.24, 2.45) is 0 Å². The van der Waals surface area contributed by atoms with E-state index in [2.05, 4.69) is 11.6 Å². The van der Waals surface area contributed by atoms with Gasteiger partial charge in [0, 0.05) is 17.8 Å². The summed E-state index contributed by atoms with van der Waals surface area (Å²) in [6.07, 6.45) is 2.25. The Balaban J connectivity index is 2.20. The third-order valence-corrected chi connectivity index (χ3v) is 3.32. The molecule has 1 aromatic heterocycles. The molecule has 0 saturated carbocycles. The fourth-order valence-corrected chi connectivity index (χ4v) is 2.64. The summed E-state index contributed by atoms with van der Waals surface area (Å²) in [5.74, 6) is 0.0155. The molecule has 0 bridgehead atoms. The number of carbonyl (C=O) groups is 1. The van der Waals surface area contributed by atoms with Gasteiger partial charge in [-0.15, -0.1) is 11.3 Å². The van der Waals surface area contributed by atoms with Crippen molar-refractivity contribution in [1.29, 1.82) is 0 Å². The highest BCUT2D eigenvalue weighted by molar-refractivity contribution is 7.11. The van der Waals surface area contributed by atoms with Gasteiger partial charge < -0.3 is 4.90 Å². The lowest BCUT2D eigenvalue weighted by molar-refractivity contribution is -0.126. The maximum atomic E-state index is 11.4. The van der Waals surface area contributed by atoms with Crippen molar-refractivity contribution < 1.29 is 4.79 Å². The van der Waals surface area contributed by atoms with Crippen LogP contribution in [0.4, 0.5) is 0 Å². The number of carbonyl (C=O) groups excluding carboxylic acids is 1. The number of rotatable bonds is 1. The zero-order valence-corrected chi connectivity index (χ0v) is 8.93. The summed E-state index contributed by atoms with van der Waals surface area (Å²) >= 11 is 1.68. The summed E-state index contributed by atoms with van der Waals surface area (Å²) in [5, 5.41) is 1.09. The SMILES string of the molecule is C=CC(=O)N1CCc2nc(C)sc2C1. The molecular formula is C10H12N2OS.